The summed E-state index contributed by atoms with van der Waals surface area (Å²) in [4.78, 5) is 15.6. The Kier molecular flexibility index (Phi) is 6.67. The van der Waals surface area contributed by atoms with Crippen molar-refractivity contribution < 1.29 is 22.3 Å². The molecule has 0 N–H and O–H groups in total. The number of benzene rings is 1. The average molecular weight is 467 g/mol. The van der Waals surface area contributed by atoms with Gasteiger partial charge in [0.2, 0.25) is 15.9 Å². The first-order valence-electron chi connectivity index (χ1n) is 11.9. The fourth-order valence-corrected chi connectivity index (χ4v) is 7.40. The molecule has 0 bridgehead atoms. The molecular formula is C24H35FN2O4S. The third-order valence-electron chi connectivity index (χ3n) is 7.83. The molecular weight excluding hydrogens is 431 g/mol. The Labute approximate surface area is 191 Å². The normalized spacial score (nSPS) is 25.4. The molecule has 0 aromatic heterocycles. The lowest BCUT2D eigenvalue weighted by atomic mass is 9.76. The third kappa shape index (κ3) is 4.33. The number of likely N-dealkylation sites (tertiary alicyclic amines) is 1. The number of amides is 1. The summed E-state index contributed by atoms with van der Waals surface area (Å²) in [5.41, 5.74) is -0.622. The van der Waals surface area contributed by atoms with Crippen molar-refractivity contribution in [1.82, 2.24) is 9.21 Å². The molecule has 1 saturated carbocycles. The zero-order chi connectivity index (χ0) is 23.0. The standard InChI is InChI=1S/C24H35FN2O4S/c1-3-27(32(2,29)30)19-10-17-31-23(18-19)13-15-26(16-14-23)22(28)24(11-6-7-12-24)20-8-4-5-9-21(20)25/h4-5,8-9,19H,3,6-7,10-18H2,1-2H3/t19-/m1/s1. The van der Waals surface area contributed by atoms with E-state index >= 15 is 0 Å². The molecule has 1 aliphatic carbocycles. The second-order valence-corrected chi connectivity index (χ2v) is 11.6. The number of ether oxygens (including phenoxy) is 1. The number of rotatable bonds is 5. The van der Waals surface area contributed by atoms with Crippen LogP contribution in [0.15, 0.2) is 24.3 Å². The third-order valence-corrected chi connectivity index (χ3v) is 9.24. The van der Waals surface area contributed by atoms with Crippen LogP contribution in [-0.4, -0.2) is 67.7 Å². The van der Waals surface area contributed by atoms with E-state index in [1.807, 2.05) is 17.9 Å². The highest BCUT2D eigenvalue weighted by atomic mass is 32.2. The minimum Gasteiger partial charge on any atom is -0.375 e. The molecule has 0 unspecified atom stereocenters. The van der Waals surface area contributed by atoms with Gasteiger partial charge in [0.25, 0.3) is 0 Å². The van der Waals surface area contributed by atoms with E-state index in [2.05, 4.69) is 0 Å². The van der Waals surface area contributed by atoms with Crippen LogP contribution >= 0.6 is 0 Å². The predicted molar refractivity (Wildman–Crippen MR) is 121 cm³/mol. The molecule has 8 heteroatoms. The minimum absolute atomic E-state index is 0.0358. The van der Waals surface area contributed by atoms with E-state index in [1.54, 1.807) is 16.4 Å². The maximum absolute atomic E-state index is 14.7. The Balaban J connectivity index is 1.48. The molecule has 1 aromatic rings. The summed E-state index contributed by atoms with van der Waals surface area (Å²) >= 11 is 0. The van der Waals surface area contributed by atoms with Gasteiger partial charge in [-0.15, -0.1) is 0 Å². The number of hydrogen-bond donors (Lipinski definition) is 0. The van der Waals surface area contributed by atoms with Crippen LogP contribution in [0, 0.1) is 5.82 Å². The van der Waals surface area contributed by atoms with Crippen LogP contribution in [0.2, 0.25) is 0 Å². The molecule has 2 saturated heterocycles. The molecule has 3 aliphatic rings. The Hall–Kier alpha value is -1.51. The van der Waals surface area contributed by atoms with E-state index < -0.39 is 21.0 Å². The van der Waals surface area contributed by atoms with Crippen molar-refractivity contribution in [2.24, 2.45) is 0 Å². The first-order chi connectivity index (χ1) is 15.2. The van der Waals surface area contributed by atoms with Crippen molar-refractivity contribution in [2.45, 2.75) is 75.3 Å². The summed E-state index contributed by atoms with van der Waals surface area (Å²) in [5.74, 6) is -0.260. The Morgan fingerprint density at radius 1 is 1.19 bits per heavy atom. The predicted octanol–water partition coefficient (Wildman–Crippen LogP) is 3.46. The second kappa shape index (κ2) is 9.03. The highest BCUT2D eigenvalue weighted by Gasteiger charge is 2.49. The van der Waals surface area contributed by atoms with Crippen LogP contribution in [0.3, 0.4) is 0 Å². The summed E-state index contributed by atoms with van der Waals surface area (Å²) in [5, 5.41) is 0. The van der Waals surface area contributed by atoms with Crippen molar-refractivity contribution in [3.05, 3.63) is 35.6 Å². The van der Waals surface area contributed by atoms with Crippen LogP contribution < -0.4 is 0 Å². The lowest BCUT2D eigenvalue weighted by Crippen LogP contribution is -2.57. The number of carbonyl (C=O) groups is 1. The van der Waals surface area contributed by atoms with Gasteiger partial charge in [-0.1, -0.05) is 38.0 Å². The van der Waals surface area contributed by atoms with Crippen LogP contribution in [0.25, 0.3) is 0 Å². The molecule has 6 nitrogen and oxygen atoms in total. The molecule has 2 aliphatic heterocycles. The maximum Gasteiger partial charge on any atom is 0.233 e. The number of nitrogens with zero attached hydrogens (tertiary/aromatic N) is 2. The van der Waals surface area contributed by atoms with Crippen LogP contribution in [0.4, 0.5) is 4.39 Å². The highest BCUT2D eigenvalue weighted by molar-refractivity contribution is 7.88. The monoisotopic (exact) mass is 466 g/mol. The molecule has 1 amide bonds. The SMILES string of the molecule is CCN([C@@H]1CCOC2(CCN(C(=O)C3(c4ccccc4F)CCCC3)CC2)C1)S(C)(=O)=O. The van der Waals surface area contributed by atoms with Gasteiger partial charge in [-0.2, -0.15) is 4.31 Å². The van der Waals surface area contributed by atoms with Crippen molar-refractivity contribution in [1.29, 1.82) is 0 Å². The fraction of sp³-hybridized carbons (Fsp3) is 0.708. The number of sulfonamides is 1. The quantitative estimate of drug-likeness (QED) is 0.667. The van der Waals surface area contributed by atoms with Crippen LogP contribution in [0.1, 0.15) is 63.9 Å². The summed E-state index contributed by atoms with van der Waals surface area (Å²) in [6.45, 7) is 3.98. The van der Waals surface area contributed by atoms with Crippen LogP contribution in [-0.2, 0) is 25.0 Å². The summed E-state index contributed by atoms with van der Waals surface area (Å²) < 4.78 is 46.9. The lowest BCUT2D eigenvalue weighted by Gasteiger charge is -2.49. The van der Waals surface area contributed by atoms with Gasteiger partial charge in [-0.25, -0.2) is 12.8 Å². The number of carbonyl (C=O) groups excluding carboxylic acids is 1. The fourth-order valence-electron chi connectivity index (χ4n) is 6.21. The number of hydrogen-bond acceptors (Lipinski definition) is 4. The molecule has 1 spiro atoms. The first-order valence-corrected chi connectivity index (χ1v) is 13.7. The highest BCUT2D eigenvalue weighted by Crippen LogP contribution is 2.45. The van der Waals surface area contributed by atoms with Gasteiger partial charge < -0.3 is 9.64 Å². The zero-order valence-electron chi connectivity index (χ0n) is 19.2. The van der Waals surface area contributed by atoms with Crippen molar-refractivity contribution in [3.8, 4) is 0 Å². The van der Waals surface area contributed by atoms with Gasteiger partial charge in [-0.05, 0) is 44.6 Å². The molecule has 1 atom stereocenters. The van der Waals surface area contributed by atoms with E-state index in [4.69, 9.17) is 4.74 Å². The van der Waals surface area contributed by atoms with Crippen molar-refractivity contribution in [3.63, 3.8) is 0 Å². The van der Waals surface area contributed by atoms with E-state index in [-0.39, 0.29) is 17.8 Å². The Morgan fingerprint density at radius 2 is 1.84 bits per heavy atom. The maximum atomic E-state index is 14.7. The van der Waals surface area contributed by atoms with Crippen LogP contribution in [0.5, 0.6) is 0 Å². The Bertz CT molecular complexity index is 937. The summed E-state index contributed by atoms with van der Waals surface area (Å²) in [6, 6.07) is 6.64. The molecule has 3 fully saturated rings. The number of piperidine rings is 1. The zero-order valence-corrected chi connectivity index (χ0v) is 20.0. The van der Waals surface area contributed by atoms with E-state index in [1.165, 1.54) is 12.3 Å². The molecule has 1 aromatic carbocycles. The van der Waals surface area contributed by atoms with E-state index in [9.17, 15) is 17.6 Å². The molecule has 4 rings (SSSR count). The van der Waals surface area contributed by atoms with Gasteiger partial charge in [0.05, 0.1) is 17.3 Å². The van der Waals surface area contributed by atoms with Crippen molar-refractivity contribution in [2.75, 3.05) is 32.5 Å². The van der Waals surface area contributed by atoms with Gasteiger partial charge >= 0.3 is 0 Å². The topological polar surface area (TPSA) is 66.9 Å². The van der Waals surface area contributed by atoms with E-state index in [0.717, 1.165) is 12.8 Å². The van der Waals surface area contributed by atoms with Gasteiger partial charge in [-0.3, -0.25) is 4.79 Å². The second-order valence-electron chi connectivity index (χ2n) is 9.71. The van der Waals surface area contributed by atoms with Gasteiger partial charge in [0.1, 0.15) is 5.82 Å². The average Bonchev–Trinajstić information content (AvgIpc) is 3.25. The first kappa shape index (κ1) is 23.6. The summed E-state index contributed by atoms with van der Waals surface area (Å²) in [7, 11) is -3.27. The molecule has 32 heavy (non-hydrogen) atoms. The van der Waals surface area contributed by atoms with Gasteiger partial charge in [0, 0.05) is 37.8 Å². The van der Waals surface area contributed by atoms with Gasteiger partial charge in [0.15, 0.2) is 0 Å². The molecule has 0 radical (unpaired) electrons. The lowest BCUT2D eigenvalue weighted by molar-refractivity contribution is -0.151. The van der Waals surface area contributed by atoms with Crippen molar-refractivity contribution >= 4 is 15.9 Å². The Morgan fingerprint density at radius 3 is 2.44 bits per heavy atom. The number of halogens is 1. The minimum atomic E-state index is -3.27. The smallest absolute Gasteiger partial charge is 0.233 e. The van der Waals surface area contributed by atoms with E-state index in [0.29, 0.717) is 70.3 Å². The molecule has 178 valence electrons. The largest absolute Gasteiger partial charge is 0.375 e. The molecule has 2 heterocycles. The summed E-state index contributed by atoms with van der Waals surface area (Å²) in [6.07, 6.45) is 7.23.